The minimum atomic E-state index is 0.371. The average Bonchev–Trinajstić information content (AvgIpc) is 2.81. The molecule has 0 bridgehead atoms. The van der Waals surface area contributed by atoms with Gasteiger partial charge in [0.05, 0.1) is 11.8 Å². The molecule has 2 unspecified atom stereocenters. The Morgan fingerprint density at radius 3 is 2.65 bits per heavy atom. The van der Waals surface area contributed by atoms with E-state index in [0.29, 0.717) is 18.8 Å². The van der Waals surface area contributed by atoms with Gasteiger partial charge < -0.3 is 14.6 Å². The van der Waals surface area contributed by atoms with Crippen LogP contribution in [0.3, 0.4) is 0 Å². The van der Waals surface area contributed by atoms with Gasteiger partial charge in [0.1, 0.15) is 6.61 Å². The van der Waals surface area contributed by atoms with Gasteiger partial charge >= 0.3 is 0 Å². The summed E-state index contributed by atoms with van der Waals surface area (Å²) in [5.74, 6) is 2.37. The van der Waals surface area contributed by atoms with E-state index in [1.807, 2.05) is 6.07 Å². The van der Waals surface area contributed by atoms with Crippen LogP contribution < -0.4 is 5.32 Å². The smallest absolute Gasteiger partial charge is 0.162 e. The molecule has 0 aromatic carbocycles. The van der Waals surface area contributed by atoms with Crippen molar-refractivity contribution in [1.29, 1.82) is 0 Å². The van der Waals surface area contributed by atoms with Gasteiger partial charge in [-0.2, -0.15) is 0 Å². The SMILES string of the molecule is CC1CC(C)CC(OCc2cc(CNC(C)C)no2)C1. The van der Waals surface area contributed by atoms with Crippen LogP contribution in [0.25, 0.3) is 0 Å². The fourth-order valence-corrected chi connectivity index (χ4v) is 3.03. The number of nitrogens with zero attached hydrogens (tertiary/aromatic N) is 1. The molecule has 114 valence electrons. The van der Waals surface area contributed by atoms with E-state index >= 15 is 0 Å². The molecule has 4 heteroatoms. The lowest BCUT2D eigenvalue weighted by Crippen LogP contribution is -2.26. The molecule has 20 heavy (non-hydrogen) atoms. The van der Waals surface area contributed by atoms with Gasteiger partial charge in [-0.05, 0) is 31.1 Å². The van der Waals surface area contributed by atoms with E-state index in [1.54, 1.807) is 0 Å². The molecule has 0 radical (unpaired) electrons. The van der Waals surface area contributed by atoms with E-state index in [-0.39, 0.29) is 0 Å². The number of aromatic nitrogens is 1. The van der Waals surface area contributed by atoms with E-state index in [2.05, 4.69) is 38.2 Å². The van der Waals surface area contributed by atoms with E-state index in [1.165, 1.54) is 19.3 Å². The maximum atomic E-state index is 5.99. The molecular weight excluding hydrogens is 252 g/mol. The van der Waals surface area contributed by atoms with E-state index in [0.717, 1.165) is 29.8 Å². The minimum absolute atomic E-state index is 0.371. The Kier molecular flexibility index (Phi) is 5.61. The first-order valence-electron chi connectivity index (χ1n) is 7.82. The van der Waals surface area contributed by atoms with Crippen LogP contribution in [-0.4, -0.2) is 17.3 Å². The molecule has 1 aliphatic carbocycles. The van der Waals surface area contributed by atoms with Gasteiger partial charge in [-0.3, -0.25) is 0 Å². The monoisotopic (exact) mass is 280 g/mol. The van der Waals surface area contributed by atoms with Crippen molar-refractivity contribution in [1.82, 2.24) is 10.5 Å². The molecule has 2 rings (SSSR count). The van der Waals surface area contributed by atoms with Crippen molar-refractivity contribution in [3.8, 4) is 0 Å². The molecule has 0 spiro atoms. The summed E-state index contributed by atoms with van der Waals surface area (Å²) in [6.07, 6.45) is 4.03. The number of ether oxygens (including phenoxy) is 1. The molecule has 0 aliphatic heterocycles. The molecule has 1 saturated carbocycles. The lowest BCUT2D eigenvalue weighted by molar-refractivity contribution is -0.0172. The van der Waals surface area contributed by atoms with Gasteiger partial charge in [-0.15, -0.1) is 0 Å². The first-order valence-corrected chi connectivity index (χ1v) is 7.82. The molecule has 1 aliphatic rings. The highest BCUT2D eigenvalue weighted by molar-refractivity contribution is 5.04. The number of rotatable bonds is 6. The summed E-state index contributed by atoms with van der Waals surface area (Å²) in [5.41, 5.74) is 0.947. The van der Waals surface area contributed by atoms with E-state index in [9.17, 15) is 0 Å². The highest BCUT2D eigenvalue weighted by Gasteiger charge is 2.24. The molecular formula is C16H28N2O2. The lowest BCUT2D eigenvalue weighted by Gasteiger charge is -2.31. The Balaban J connectivity index is 1.76. The summed E-state index contributed by atoms with van der Waals surface area (Å²) >= 11 is 0. The molecule has 1 N–H and O–H groups in total. The molecule has 2 atom stereocenters. The van der Waals surface area contributed by atoms with Crippen LogP contribution in [0.1, 0.15) is 58.4 Å². The Morgan fingerprint density at radius 1 is 1.30 bits per heavy atom. The molecule has 0 amide bonds. The zero-order valence-corrected chi connectivity index (χ0v) is 13.2. The Morgan fingerprint density at radius 2 is 2.00 bits per heavy atom. The highest BCUT2D eigenvalue weighted by atomic mass is 16.5. The second-order valence-corrected chi connectivity index (χ2v) is 6.67. The third-order valence-corrected chi connectivity index (χ3v) is 3.90. The van der Waals surface area contributed by atoms with Gasteiger partial charge in [-0.1, -0.05) is 32.9 Å². The van der Waals surface area contributed by atoms with Gasteiger partial charge in [0.15, 0.2) is 5.76 Å². The summed E-state index contributed by atoms with van der Waals surface area (Å²) in [4.78, 5) is 0. The Hall–Kier alpha value is -0.870. The maximum Gasteiger partial charge on any atom is 0.162 e. The zero-order valence-electron chi connectivity index (χ0n) is 13.2. The summed E-state index contributed by atoms with van der Waals surface area (Å²) < 4.78 is 11.3. The Labute approximate surface area is 122 Å². The van der Waals surface area contributed by atoms with Crippen LogP contribution in [-0.2, 0) is 17.9 Å². The van der Waals surface area contributed by atoms with Crippen molar-refractivity contribution in [2.45, 2.75) is 72.3 Å². The van der Waals surface area contributed by atoms with Crippen molar-refractivity contribution >= 4 is 0 Å². The highest BCUT2D eigenvalue weighted by Crippen LogP contribution is 2.30. The van der Waals surface area contributed by atoms with E-state index < -0.39 is 0 Å². The minimum Gasteiger partial charge on any atom is -0.370 e. The lowest BCUT2D eigenvalue weighted by atomic mass is 9.82. The fourth-order valence-electron chi connectivity index (χ4n) is 3.03. The van der Waals surface area contributed by atoms with Gasteiger partial charge in [0.2, 0.25) is 0 Å². The second-order valence-electron chi connectivity index (χ2n) is 6.67. The summed E-state index contributed by atoms with van der Waals surface area (Å²) in [6, 6.07) is 2.45. The van der Waals surface area contributed by atoms with Crippen LogP contribution in [0, 0.1) is 11.8 Å². The van der Waals surface area contributed by atoms with Crippen LogP contribution in [0.15, 0.2) is 10.6 Å². The normalized spacial score (nSPS) is 27.1. The predicted molar refractivity (Wildman–Crippen MR) is 79.2 cm³/mol. The van der Waals surface area contributed by atoms with Crippen molar-refractivity contribution < 1.29 is 9.26 Å². The zero-order chi connectivity index (χ0) is 14.5. The van der Waals surface area contributed by atoms with Crippen molar-refractivity contribution in [2.75, 3.05) is 0 Å². The van der Waals surface area contributed by atoms with Crippen molar-refractivity contribution in [3.63, 3.8) is 0 Å². The molecule has 1 aromatic heterocycles. The molecule has 0 saturated heterocycles. The summed E-state index contributed by atoms with van der Waals surface area (Å²) in [5, 5.41) is 7.39. The van der Waals surface area contributed by atoms with Crippen molar-refractivity contribution in [3.05, 3.63) is 17.5 Å². The van der Waals surface area contributed by atoms with E-state index in [4.69, 9.17) is 9.26 Å². The number of hydrogen-bond donors (Lipinski definition) is 1. The maximum absolute atomic E-state index is 5.99. The predicted octanol–water partition coefficient (Wildman–Crippen LogP) is 3.51. The van der Waals surface area contributed by atoms with Crippen LogP contribution in [0.5, 0.6) is 0 Å². The second kappa shape index (κ2) is 7.23. The number of nitrogens with one attached hydrogen (secondary N) is 1. The van der Waals surface area contributed by atoms with Gasteiger partial charge in [-0.25, -0.2) is 0 Å². The fraction of sp³-hybridized carbons (Fsp3) is 0.812. The first-order chi connectivity index (χ1) is 9.52. The van der Waals surface area contributed by atoms with Crippen LogP contribution in [0.2, 0.25) is 0 Å². The topological polar surface area (TPSA) is 47.3 Å². The van der Waals surface area contributed by atoms with Gasteiger partial charge in [0, 0.05) is 18.7 Å². The quantitative estimate of drug-likeness (QED) is 0.866. The standard InChI is InChI=1S/C16H28N2O2/c1-11(2)17-9-14-8-16(20-18-14)10-19-15-6-12(3)5-13(4)7-15/h8,11-13,15,17H,5-7,9-10H2,1-4H3. The third kappa shape index (κ3) is 4.91. The third-order valence-electron chi connectivity index (χ3n) is 3.90. The Bertz CT molecular complexity index is 393. The summed E-state index contributed by atoms with van der Waals surface area (Å²) in [6.45, 7) is 10.2. The number of hydrogen-bond acceptors (Lipinski definition) is 4. The molecule has 1 aromatic rings. The molecule has 4 nitrogen and oxygen atoms in total. The average molecular weight is 280 g/mol. The summed E-state index contributed by atoms with van der Waals surface area (Å²) in [7, 11) is 0. The first kappa shape index (κ1) is 15.5. The molecule has 1 heterocycles. The van der Waals surface area contributed by atoms with Crippen LogP contribution >= 0.6 is 0 Å². The largest absolute Gasteiger partial charge is 0.370 e. The molecule has 1 fully saturated rings. The van der Waals surface area contributed by atoms with Gasteiger partial charge in [0.25, 0.3) is 0 Å². The van der Waals surface area contributed by atoms with Crippen LogP contribution in [0.4, 0.5) is 0 Å². The van der Waals surface area contributed by atoms with Crippen molar-refractivity contribution in [2.24, 2.45) is 11.8 Å².